The van der Waals surface area contributed by atoms with Crippen molar-refractivity contribution in [3.63, 3.8) is 0 Å². The lowest BCUT2D eigenvalue weighted by Crippen LogP contribution is -2.62. The second kappa shape index (κ2) is 4.97. The Kier molecular flexibility index (Phi) is 3.76. The Morgan fingerprint density at radius 1 is 1.18 bits per heavy atom. The van der Waals surface area contributed by atoms with E-state index in [9.17, 15) is 4.79 Å². The SMILES string of the molecule is CC1CCCC(C)N1C(=O)C1(C)CCCCN1. The number of rotatable bonds is 1. The average Bonchev–Trinajstić information content (AvgIpc) is 2.29. The molecule has 0 aromatic rings. The molecule has 2 aliphatic heterocycles. The number of piperidine rings is 2. The van der Waals surface area contributed by atoms with Crippen molar-refractivity contribution >= 4 is 5.91 Å². The van der Waals surface area contributed by atoms with Crippen molar-refractivity contribution < 1.29 is 4.79 Å². The van der Waals surface area contributed by atoms with Gasteiger partial charge in [-0.3, -0.25) is 4.79 Å². The number of amides is 1. The van der Waals surface area contributed by atoms with E-state index in [1.807, 2.05) is 0 Å². The average molecular weight is 238 g/mol. The topological polar surface area (TPSA) is 32.3 Å². The molecule has 0 spiro atoms. The summed E-state index contributed by atoms with van der Waals surface area (Å²) in [7, 11) is 0. The molecule has 1 N–H and O–H groups in total. The zero-order valence-electron chi connectivity index (χ0n) is 11.5. The summed E-state index contributed by atoms with van der Waals surface area (Å²) < 4.78 is 0. The van der Waals surface area contributed by atoms with Crippen LogP contribution >= 0.6 is 0 Å². The first kappa shape index (κ1) is 12.9. The molecule has 17 heavy (non-hydrogen) atoms. The molecule has 0 aliphatic carbocycles. The van der Waals surface area contributed by atoms with Gasteiger partial charge in [-0.05, 0) is 65.8 Å². The van der Waals surface area contributed by atoms with E-state index in [2.05, 4.69) is 31.0 Å². The molecule has 0 radical (unpaired) electrons. The molecule has 2 fully saturated rings. The Labute approximate surface area is 105 Å². The van der Waals surface area contributed by atoms with Gasteiger partial charge in [0.25, 0.3) is 0 Å². The Bertz CT molecular complexity index is 274. The first-order chi connectivity index (χ1) is 8.04. The van der Waals surface area contributed by atoms with Gasteiger partial charge in [-0.2, -0.15) is 0 Å². The Balaban J connectivity index is 2.11. The largest absolute Gasteiger partial charge is 0.336 e. The van der Waals surface area contributed by atoms with Gasteiger partial charge in [-0.15, -0.1) is 0 Å². The summed E-state index contributed by atoms with van der Waals surface area (Å²) in [4.78, 5) is 14.9. The maximum atomic E-state index is 12.8. The van der Waals surface area contributed by atoms with E-state index in [-0.39, 0.29) is 5.54 Å². The zero-order valence-corrected chi connectivity index (χ0v) is 11.5. The fourth-order valence-electron chi connectivity index (χ4n) is 3.35. The van der Waals surface area contributed by atoms with E-state index in [0.717, 1.165) is 25.8 Å². The van der Waals surface area contributed by atoms with Crippen molar-refractivity contribution in [3.8, 4) is 0 Å². The second-order valence-electron chi connectivity index (χ2n) is 6.06. The molecular formula is C14H26N2O. The third-order valence-corrected chi connectivity index (χ3v) is 4.52. The summed E-state index contributed by atoms with van der Waals surface area (Å²) in [5.41, 5.74) is -0.307. The number of hydrogen-bond donors (Lipinski definition) is 1. The molecule has 3 heteroatoms. The van der Waals surface area contributed by atoms with Gasteiger partial charge in [0.05, 0.1) is 5.54 Å². The summed E-state index contributed by atoms with van der Waals surface area (Å²) in [6.07, 6.45) is 6.94. The van der Waals surface area contributed by atoms with Gasteiger partial charge in [0.2, 0.25) is 5.91 Å². The number of likely N-dealkylation sites (tertiary alicyclic amines) is 1. The standard InChI is InChI=1S/C14H26N2O/c1-11-7-6-8-12(2)16(11)13(17)14(3)9-4-5-10-15-14/h11-12,15H,4-10H2,1-3H3. The molecule has 3 unspecified atom stereocenters. The highest BCUT2D eigenvalue weighted by molar-refractivity contribution is 5.86. The van der Waals surface area contributed by atoms with Crippen LogP contribution in [0.5, 0.6) is 0 Å². The van der Waals surface area contributed by atoms with Crippen LogP contribution < -0.4 is 5.32 Å². The minimum absolute atomic E-state index is 0.307. The summed E-state index contributed by atoms with van der Waals surface area (Å²) >= 11 is 0. The lowest BCUT2D eigenvalue weighted by atomic mass is 9.86. The van der Waals surface area contributed by atoms with Gasteiger partial charge >= 0.3 is 0 Å². The first-order valence-electron chi connectivity index (χ1n) is 7.12. The molecular weight excluding hydrogens is 212 g/mol. The predicted molar refractivity (Wildman–Crippen MR) is 69.9 cm³/mol. The fourth-order valence-corrected chi connectivity index (χ4v) is 3.35. The smallest absolute Gasteiger partial charge is 0.243 e. The number of hydrogen-bond acceptors (Lipinski definition) is 2. The zero-order chi connectivity index (χ0) is 12.5. The number of nitrogens with one attached hydrogen (secondary N) is 1. The lowest BCUT2D eigenvalue weighted by Gasteiger charge is -2.45. The Morgan fingerprint density at radius 3 is 2.35 bits per heavy atom. The summed E-state index contributed by atoms with van der Waals surface area (Å²) in [6.45, 7) is 7.46. The molecule has 2 aliphatic rings. The Morgan fingerprint density at radius 2 is 1.82 bits per heavy atom. The molecule has 0 aromatic heterocycles. The number of carbonyl (C=O) groups excluding carboxylic acids is 1. The van der Waals surface area contributed by atoms with Crippen LogP contribution in [-0.2, 0) is 4.79 Å². The summed E-state index contributed by atoms with van der Waals surface area (Å²) in [5, 5.41) is 3.44. The molecule has 98 valence electrons. The third-order valence-electron chi connectivity index (χ3n) is 4.52. The minimum Gasteiger partial charge on any atom is -0.336 e. The van der Waals surface area contributed by atoms with Crippen molar-refractivity contribution in [1.82, 2.24) is 10.2 Å². The predicted octanol–water partition coefficient (Wildman–Crippen LogP) is 2.31. The van der Waals surface area contributed by atoms with Crippen molar-refractivity contribution in [3.05, 3.63) is 0 Å². The highest BCUT2D eigenvalue weighted by atomic mass is 16.2. The van der Waals surface area contributed by atoms with Crippen LogP contribution in [0, 0.1) is 0 Å². The van der Waals surface area contributed by atoms with E-state index in [1.165, 1.54) is 19.3 Å². The van der Waals surface area contributed by atoms with Crippen LogP contribution in [0.2, 0.25) is 0 Å². The number of carbonyl (C=O) groups is 1. The van der Waals surface area contributed by atoms with Gasteiger partial charge in [0.15, 0.2) is 0 Å². The maximum absolute atomic E-state index is 12.8. The fraction of sp³-hybridized carbons (Fsp3) is 0.929. The lowest BCUT2D eigenvalue weighted by molar-refractivity contribution is -0.145. The second-order valence-corrected chi connectivity index (χ2v) is 6.06. The number of nitrogens with zero attached hydrogens (tertiary/aromatic N) is 1. The van der Waals surface area contributed by atoms with E-state index < -0.39 is 0 Å². The van der Waals surface area contributed by atoms with E-state index in [4.69, 9.17) is 0 Å². The van der Waals surface area contributed by atoms with Crippen LogP contribution in [0.15, 0.2) is 0 Å². The van der Waals surface area contributed by atoms with Crippen molar-refractivity contribution in [1.29, 1.82) is 0 Å². The molecule has 2 heterocycles. The molecule has 0 bridgehead atoms. The summed E-state index contributed by atoms with van der Waals surface area (Å²) in [5.74, 6) is 0.330. The van der Waals surface area contributed by atoms with E-state index >= 15 is 0 Å². The van der Waals surface area contributed by atoms with E-state index in [0.29, 0.717) is 18.0 Å². The molecule has 0 saturated carbocycles. The van der Waals surface area contributed by atoms with Crippen LogP contribution in [0.3, 0.4) is 0 Å². The molecule has 2 saturated heterocycles. The minimum atomic E-state index is -0.307. The van der Waals surface area contributed by atoms with Gasteiger partial charge in [0.1, 0.15) is 0 Å². The quantitative estimate of drug-likeness (QED) is 0.760. The van der Waals surface area contributed by atoms with Crippen molar-refractivity contribution in [2.24, 2.45) is 0 Å². The molecule has 3 atom stereocenters. The van der Waals surface area contributed by atoms with Gasteiger partial charge in [-0.1, -0.05) is 0 Å². The van der Waals surface area contributed by atoms with Crippen molar-refractivity contribution in [2.75, 3.05) is 6.54 Å². The van der Waals surface area contributed by atoms with E-state index in [1.54, 1.807) is 0 Å². The Hall–Kier alpha value is -0.570. The van der Waals surface area contributed by atoms with Gasteiger partial charge in [0, 0.05) is 12.1 Å². The van der Waals surface area contributed by atoms with Crippen LogP contribution in [0.4, 0.5) is 0 Å². The van der Waals surface area contributed by atoms with Crippen LogP contribution in [0.25, 0.3) is 0 Å². The highest BCUT2D eigenvalue weighted by Gasteiger charge is 2.41. The van der Waals surface area contributed by atoms with Crippen LogP contribution in [-0.4, -0.2) is 35.0 Å². The highest BCUT2D eigenvalue weighted by Crippen LogP contribution is 2.28. The summed E-state index contributed by atoms with van der Waals surface area (Å²) in [6, 6.07) is 0.818. The first-order valence-corrected chi connectivity index (χ1v) is 7.12. The van der Waals surface area contributed by atoms with Gasteiger partial charge in [-0.25, -0.2) is 0 Å². The molecule has 0 aromatic carbocycles. The van der Waals surface area contributed by atoms with Crippen molar-refractivity contribution in [2.45, 2.75) is 76.9 Å². The third kappa shape index (κ3) is 2.49. The maximum Gasteiger partial charge on any atom is 0.243 e. The molecule has 1 amide bonds. The van der Waals surface area contributed by atoms with Gasteiger partial charge < -0.3 is 10.2 Å². The normalized spacial score (nSPS) is 39.1. The van der Waals surface area contributed by atoms with Crippen LogP contribution in [0.1, 0.15) is 59.3 Å². The molecule has 2 rings (SSSR count). The molecule has 3 nitrogen and oxygen atoms in total. The monoisotopic (exact) mass is 238 g/mol.